The zero-order chi connectivity index (χ0) is 26.3. The second-order valence-corrected chi connectivity index (χ2v) is 11.2. The van der Waals surface area contributed by atoms with Crippen LogP contribution in [0, 0.1) is 0 Å². The van der Waals surface area contributed by atoms with Crippen molar-refractivity contribution in [3.8, 4) is 5.75 Å². The van der Waals surface area contributed by atoms with E-state index in [1.54, 1.807) is 6.07 Å². The summed E-state index contributed by atoms with van der Waals surface area (Å²) in [6, 6.07) is 11.9. The number of amides is 1. The summed E-state index contributed by atoms with van der Waals surface area (Å²) in [4.78, 5) is 26.2. The fourth-order valence-electron chi connectivity index (χ4n) is 5.37. The van der Waals surface area contributed by atoms with Crippen LogP contribution in [-0.2, 0) is 22.4 Å². The van der Waals surface area contributed by atoms with Crippen molar-refractivity contribution >= 4 is 39.1 Å². The van der Waals surface area contributed by atoms with Crippen LogP contribution in [-0.4, -0.2) is 72.5 Å². The number of aromatic hydroxyl groups is 1. The van der Waals surface area contributed by atoms with E-state index in [2.05, 4.69) is 22.4 Å². The van der Waals surface area contributed by atoms with E-state index in [9.17, 15) is 14.7 Å². The number of thiazole rings is 1. The molecule has 1 saturated heterocycles. The number of aromatic amines is 1. The van der Waals surface area contributed by atoms with E-state index in [0.29, 0.717) is 24.5 Å². The summed E-state index contributed by atoms with van der Waals surface area (Å²) in [6.07, 6.45) is 3.93. The van der Waals surface area contributed by atoms with Gasteiger partial charge in [-0.3, -0.25) is 9.59 Å². The molecule has 0 aliphatic carbocycles. The number of fused-ring (bicyclic) bond motifs is 1. The third-order valence-corrected chi connectivity index (χ3v) is 8.68. The van der Waals surface area contributed by atoms with Crippen LogP contribution in [0.15, 0.2) is 41.2 Å². The number of phenolic OH excluding ortho intramolecular Hbond substituents is 1. The number of primary amides is 1. The quantitative estimate of drug-likeness (QED) is 0.194. The van der Waals surface area contributed by atoms with Gasteiger partial charge in [-0.2, -0.15) is 0 Å². The van der Waals surface area contributed by atoms with E-state index in [4.69, 9.17) is 22.1 Å². The number of carbonyl (C=O) groups is 1. The van der Waals surface area contributed by atoms with Crippen LogP contribution < -0.4 is 15.9 Å². The zero-order valence-electron chi connectivity index (χ0n) is 21.0. The number of nitrogens with one attached hydrogen (secondary N) is 2. The van der Waals surface area contributed by atoms with Crippen molar-refractivity contribution in [3.63, 3.8) is 0 Å². The second-order valence-electron chi connectivity index (χ2n) is 9.79. The van der Waals surface area contributed by atoms with Gasteiger partial charge in [0.2, 0.25) is 5.91 Å². The molecule has 0 saturated carbocycles. The Labute approximate surface area is 226 Å². The normalized spacial score (nSPS) is 16.1. The van der Waals surface area contributed by atoms with Gasteiger partial charge in [0, 0.05) is 30.8 Å². The van der Waals surface area contributed by atoms with Crippen molar-refractivity contribution in [2.75, 3.05) is 45.9 Å². The molecule has 1 amide bonds. The molecule has 1 aliphatic heterocycles. The van der Waals surface area contributed by atoms with E-state index in [1.807, 2.05) is 18.2 Å². The summed E-state index contributed by atoms with van der Waals surface area (Å²) < 4.78 is 7.29. The van der Waals surface area contributed by atoms with Gasteiger partial charge >= 0.3 is 4.87 Å². The molecule has 0 bridgehead atoms. The number of rotatable bonds is 13. The van der Waals surface area contributed by atoms with Crippen LogP contribution in [0.1, 0.15) is 30.4 Å². The SMILES string of the molecule is NC(=O)CC[N+](CCNCCc1ccc(O)c2[nH]c(=O)sc12)(CCc1ccc(Cl)cc1)C1CCOCC1. The fourth-order valence-corrected chi connectivity index (χ4v) is 6.39. The van der Waals surface area contributed by atoms with Crippen molar-refractivity contribution in [1.29, 1.82) is 0 Å². The molecular formula is C27H36ClN4O4S+. The van der Waals surface area contributed by atoms with E-state index in [1.165, 1.54) is 5.56 Å². The van der Waals surface area contributed by atoms with Gasteiger partial charge in [0.05, 0.1) is 50.0 Å². The first-order valence-electron chi connectivity index (χ1n) is 12.9. The smallest absolute Gasteiger partial charge is 0.305 e. The Kier molecular flexibility index (Phi) is 9.61. The van der Waals surface area contributed by atoms with Crippen molar-refractivity contribution in [2.45, 2.75) is 38.1 Å². The number of carbonyl (C=O) groups excluding carboxylic acids is 1. The van der Waals surface area contributed by atoms with Gasteiger partial charge in [-0.25, -0.2) is 0 Å². The van der Waals surface area contributed by atoms with Crippen LogP contribution in [0.3, 0.4) is 0 Å². The number of nitrogens with two attached hydrogens (primary N) is 1. The minimum atomic E-state index is -0.268. The topological polar surface area (TPSA) is 117 Å². The lowest BCUT2D eigenvalue weighted by atomic mass is 10.00. The molecule has 2 heterocycles. The van der Waals surface area contributed by atoms with E-state index < -0.39 is 0 Å². The van der Waals surface area contributed by atoms with Crippen molar-refractivity contribution in [3.05, 3.63) is 62.2 Å². The zero-order valence-corrected chi connectivity index (χ0v) is 22.6. The predicted octanol–water partition coefficient (Wildman–Crippen LogP) is 3.19. The van der Waals surface area contributed by atoms with Gasteiger partial charge in [-0.15, -0.1) is 0 Å². The highest BCUT2D eigenvalue weighted by Crippen LogP contribution is 2.28. The second kappa shape index (κ2) is 12.9. The van der Waals surface area contributed by atoms with Gasteiger partial charge in [-0.05, 0) is 42.3 Å². The minimum Gasteiger partial charge on any atom is -0.506 e. The Hall–Kier alpha value is -2.43. The summed E-state index contributed by atoms with van der Waals surface area (Å²) in [6.45, 7) is 5.53. The summed E-state index contributed by atoms with van der Waals surface area (Å²) in [5, 5.41) is 14.3. The predicted molar refractivity (Wildman–Crippen MR) is 148 cm³/mol. The molecule has 3 aromatic rings. The van der Waals surface area contributed by atoms with Crippen LogP contribution in [0.25, 0.3) is 10.2 Å². The highest BCUT2D eigenvalue weighted by molar-refractivity contribution is 7.16. The first-order chi connectivity index (χ1) is 17.9. The van der Waals surface area contributed by atoms with E-state index >= 15 is 0 Å². The maximum absolute atomic E-state index is 11.8. The van der Waals surface area contributed by atoms with Crippen molar-refractivity contribution in [1.82, 2.24) is 10.3 Å². The molecule has 37 heavy (non-hydrogen) atoms. The maximum Gasteiger partial charge on any atom is 0.305 e. The lowest BCUT2D eigenvalue weighted by molar-refractivity contribution is -0.951. The number of aromatic nitrogens is 1. The number of halogens is 1. The number of hydrogen-bond acceptors (Lipinski definition) is 6. The number of ether oxygens (including phenoxy) is 1. The molecule has 0 spiro atoms. The molecule has 5 N–H and O–H groups in total. The molecule has 1 unspecified atom stereocenters. The Morgan fingerprint density at radius 2 is 1.86 bits per heavy atom. The van der Waals surface area contributed by atoms with Gasteiger partial charge in [0.25, 0.3) is 0 Å². The molecule has 2 aromatic carbocycles. The van der Waals surface area contributed by atoms with E-state index in [0.717, 1.165) is 96.2 Å². The third-order valence-electron chi connectivity index (χ3n) is 7.47. The average Bonchev–Trinajstić information content (AvgIpc) is 3.30. The third kappa shape index (κ3) is 7.33. The highest BCUT2D eigenvalue weighted by atomic mass is 35.5. The molecular weight excluding hydrogens is 512 g/mol. The fraction of sp³-hybridized carbons (Fsp3) is 0.481. The van der Waals surface area contributed by atoms with Gasteiger partial charge < -0.3 is 30.4 Å². The van der Waals surface area contributed by atoms with E-state index in [-0.39, 0.29) is 16.5 Å². The number of nitrogens with zero attached hydrogens (tertiary/aromatic N) is 1. The largest absolute Gasteiger partial charge is 0.506 e. The lowest BCUT2D eigenvalue weighted by Crippen LogP contribution is -2.61. The average molecular weight is 548 g/mol. The molecule has 8 nitrogen and oxygen atoms in total. The van der Waals surface area contributed by atoms with Crippen molar-refractivity contribution < 1.29 is 19.1 Å². The first-order valence-corrected chi connectivity index (χ1v) is 14.1. The highest BCUT2D eigenvalue weighted by Gasteiger charge is 2.37. The molecule has 1 aliphatic rings. The van der Waals surface area contributed by atoms with Crippen LogP contribution in [0.5, 0.6) is 5.75 Å². The molecule has 10 heteroatoms. The molecule has 1 atom stereocenters. The molecule has 1 aromatic heterocycles. The molecule has 0 radical (unpaired) electrons. The number of H-pyrrole nitrogens is 1. The molecule has 200 valence electrons. The number of benzene rings is 2. The Morgan fingerprint density at radius 3 is 2.59 bits per heavy atom. The van der Waals surface area contributed by atoms with Crippen LogP contribution in [0.4, 0.5) is 0 Å². The molecule has 4 rings (SSSR count). The maximum atomic E-state index is 11.8. The number of hydrogen-bond donors (Lipinski definition) is 4. The monoisotopic (exact) mass is 547 g/mol. The minimum absolute atomic E-state index is 0.0961. The summed E-state index contributed by atoms with van der Waals surface area (Å²) >= 11 is 7.21. The standard InChI is InChI=1S/C27H35ClN4O4S/c28-21-4-1-19(2-5-21)8-14-32(15-9-24(29)34,22-10-17-36-18-11-22)16-13-30-12-7-20-3-6-23(33)25-26(20)37-27(35)31-25/h1-6,22,30H,7-18H2,(H3-,29,31,33,34,35)/p+1. The summed E-state index contributed by atoms with van der Waals surface area (Å²) in [7, 11) is 0. The van der Waals surface area contributed by atoms with Gasteiger partial charge in [0.15, 0.2) is 0 Å². The van der Waals surface area contributed by atoms with Gasteiger partial charge in [-0.1, -0.05) is 41.1 Å². The Morgan fingerprint density at radius 1 is 1.11 bits per heavy atom. The number of quaternary nitrogens is 1. The summed E-state index contributed by atoms with van der Waals surface area (Å²) in [5.74, 6) is -0.172. The Balaban J connectivity index is 1.43. The number of phenols is 1. The molecule has 1 fully saturated rings. The lowest BCUT2D eigenvalue weighted by Gasteiger charge is -2.46. The van der Waals surface area contributed by atoms with Crippen molar-refractivity contribution in [2.24, 2.45) is 5.73 Å². The summed E-state index contributed by atoms with van der Waals surface area (Å²) in [5.41, 5.74) is 8.38. The van der Waals surface area contributed by atoms with Crippen LogP contribution >= 0.6 is 22.9 Å². The first kappa shape index (κ1) is 27.6. The van der Waals surface area contributed by atoms with Gasteiger partial charge in [0.1, 0.15) is 11.3 Å². The Bertz CT molecular complexity index is 1240. The van der Waals surface area contributed by atoms with Crippen LogP contribution in [0.2, 0.25) is 5.02 Å².